The number of nitrogens with one attached hydrogen (secondary N) is 2. The number of aromatic nitrogens is 1. The molecule has 0 bridgehead atoms. The van der Waals surface area contributed by atoms with Crippen molar-refractivity contribution in [1.82, 2.24) is 10.3 Å². The lowest BCUT2D eigenvalue weighted by atomic mass is 10.2. The van der Waals surface area contributed by atoms with Gasteiger partial charge >= 0.3 is 5.97 Å². The minimum absolute atomic E-state index is 0.136. The number of hydrogen-bond donors (Lipinski definition) is 2. The van der Waals surface area contributed by atoms with Gasteiger partial charge in [-0.25, -0.2) is 9.78 Å². The predicted octanol–water partition coefficient (Wildman–Crippen LogP) is 5.17. The molecule has 1 heterocycles. The maximum Gasteiger partial charge on any atom is 0.338 e. The Bertz CT molecular complexity index is 1110. The first-order valence-electron chi connectivity index (χ1n) is 10.3. The Labute approximate surface area is 196 Å². The zero-order chi connectivity index (χ0) is 23.1. The largest absolute Gasteiger partial charge is 0.494 e. The van der Waals surface area contributed by atoms with Crippen LogP contribution in [0, 0.1) is 0 Å². The maximum atomic E-state index is 12.4. The highest BCUT2D eigenvalue weighted by Gasteiger charge is 2.14. The molecule has 0 fully saturated rings. The molecule has 7 nitrogen and oxygen atoms in total. The molecule has 9 heteroatoms. The molecule has 0 unspecified atom stereocenters. The number of unbranched alkanes of at least 4 members (excludes halogenated alkanes) is 1. The molecular weight excluding hydrogens is 446 g/mol. The first-order valence-corrected chi connectivity index (χ1v) is 11.5. The molecule has 2 aromatic carbocycles. The van der Waals surface area contributed by atoms with Crippen LogP contribution >= 0.6 is 23.6 Å². The second-order valence-electron chi connectivity index (χ2n) is 7.29. The number of nitrogens with zero attached hydrogens (tertiary/aromatic N) is 1. The molecule has 3 rings (SSSR count). The monoisotopic (exact) mass is 471 g/mol. The third-order valence-electron chi connectivity index (χ3n) is 4.30. The van der Waals surface area contributed by atoms with E-state index in [1.54, 1.807) is 56.3 Å². The zero-order valence-corrected chi connectivity index (χ0v) is 19.8. The standard InChI is InChI=1S/C23H25N3O4S2/c1-4-5-12-29-17-9-6-15(7-10-17)20(27)25-22(31)26-23-24-18-11-8-16(13-19(18)32-23)21(28)30-14(2)3/h6-11,13-14H,4-5,12H2,1-3H3,(H2,24,25,26,27,31). The van der Waals surface area contributed by atoms with Gasteiger partial charge in [-0.15, -0.1) is 0 Å². The number of hydrogen-bond acceptors (Lipinski definition) is 7. The highest BCUT2D eigenvalue weighted by molar-refractivity contribution is 7.80. The second-order valence-corrected chi connectivity index (χ2v) is 8.73. The molecule has 0 aliphatic heterocycles. The third kappa shape index (κ3) is 6.48. The van der Waals surface area contributed by atoms with Crippen molar-refractivity contribution in [3.8, 4) is 5.75 Å². The Balaban J connectivity index is 1.59. The molecule has 0 spiro atoms. The van der Waals surface area contributed by atoms with Crippen molar-refractivity contribution in [2.75, 3.05) is 11.9 Å². The van der Waals surface area contributed by atoms with Gasteiger partial charge in [-0.1, -0.05) is 24.7 Å². The summed E-state index contributed by atoms with van der Waals surface area (Å²) in [5.41, 5.74) is 1.64. The number of thiocarbonyl (C=S) groups is 1. The van der Waals surface area contributed by atoms with Crippen LogP contribution in [0.25, 0.3) is 10.2 Å². The Morgan fingerprint density at radius 2 is 1.84 bits per heavy atom. The normalized spacial score (nSPS) is 10.8. The van der Waals surface area contributed by atoms with Crippen LogP contribution < -0.4 is 15.4 Å². The summed E-state index contributed by atoms with van der Waals surface area (Å²) in [6, 6.07) is 12.1. The summed E-state index contributed by atoms with van der Waals surface area (Å²) in [5.74, 6) is 0.0126. The highest BCUT2D eigenvalue weighted by Crippen LogP contribution is 2.27. The number of ether oxygens (including phenoxy) is 2. The van der Waals surface area contributed by atoms with Gasteiger partial charge in [0.05, 0.1) is 28.5 Å². The van der Waals surface area contributed by atoms with Crippen LogP contribution in [-0.4, -0.2) is 34.7 Å². The van der Waals surface area contributed by atoms with Crippen molar-refractivity contribution in [3.05, 3.63) is 53.6 Å². The number of benzene rings is 2. The summed E-state index contributed by atoms with van der Waals surface area (Å²) in [6.07, 6.45) is 1.85. The van der Waals surface area contributed by atoms with Crippen molar-refractivity contribution < 1.29 is 19.1 Å². The van der Waals surface area contributed by atoms with Gasteiger partial charge in [-0.2, -0.15) is 0 Å². The lowest BCUT2D eigenvalue weighted by Gasteiger charge is -2.08. The SMILES string of the molecule is CCCCOc1ccc(C(=O)NC(=S)Nc2nc3ccc(C(=O)OC(C)C)cc3s2)cc1. The Hall–Kier alpha value is -3.04. The second kappa shape index (κ2) is 11.0. The smallest absolute Gasteiger partial charge is 0.338 e. The fourth-order valence-corrected chi connectivity index (χ4v) is 3.89. The predicted molar refractivity (Wildman–Crippen MR) is 131 cm³/mol. The van der Waals surface area contributed by atoms with Crippen LogP contribution in [0.2, 0.25) is 0 Å². The zero-order valence-electron chi connectivity index (χ0n) is 18.1. The van der Waals surface area contributed by atoms with E-state index in [0.29, 0.717) is 28.4 Å². The maximum absolute atomic E-state index is 12.4. The van der Waals surface area contributed by atoms with Gasteiger partial charge in [0.2, 0.25) is 0 Å². The number of thiazole rings is 1. The molecule has 0 saturated carbocycles. The average molecular weight is 472 g/mol. The van der Waals surface area contributed by atoms with Gasteiger partial charge in [-0.05, 0) is 75.0 Å². The van der Waals surface area contributed by atoms with E-state index in [1.165, 1.54) is 11.3 Å². The van der Waals surface area contributed by atoms with E-state index >= 15 is 0 Å². The van der Waals surface area contributed by atoms with E-state index in [1.807, 2.05) is 0 Å². The van der Waals surface area contributed by atoms with Crippen LogP contribution in [-0.2, 0) is 4.74 Å². The van der Waals surface area contributed by atoms with E-state index in [9.17, 15) is 9.59 Å². The number of fused-ring (bicyclic) bond motifs is 1. The van der Waals surface area contributed by atoms with Crippen LogP contribution in [0.1, 0.15) is 54.3 Å². The van der Waals surface area contributed by atoms with Crippen LogP contribution in [0.5, 0.6) is 5.75 Å². The van der Waals surface area contributed by atoms with Crippen molar-refractivity contribution in [1.29, 1.82) is 0 Å². The quantitative estimate of drug-likeness (QED) is 0.266. The van der Waals surface area contributed by atoms with Crippen LogP contribution in [0.3, 0.4) is 0 Å². The molecule has 0 atom stereocenters. The summed E-state index contributed by atoms with van der Waals surface area (Å²) in [6.45, 7) is 6.36. The molecule has 0 saturated heterocycles. The van der Waals surface area contributed by atoms with Gasteiger partial charge < -0.3 is 14.8 Å². The molecule has 3 aromatic rings. The number of carbonyl (C=O) groups excluding carboxylic acids is 2. The number of esters is 1. The number of rotatable bonds is 8. The minimum atomic E-state index is -0.380. The summed E-state index contributed by atoms with van der Waals surface area (Å²) in [5, 5.41) is 6.22. The van der Waals surface area contributed by atoms with E-state index in [2.05, 4.69) is 22.5 Å². The lowest BCUT2D eigenvalue weighted by molar-refractivity contribution is 0.0378. The van der Waals surface area contributed by atoms with Gasteiger partial charge in [0, 0.05) is 5.56 Å². The summed E-state index contributed by atoms with van der Waals surface area (Å²) < 4.78 is 11.6. The van der Waals surface area contributed by atoms with Crippen LogP contribution in [0.15, 0.2) is 42.5 Å². The summed E-state index contributed by atoms with van der Waals surface area (Å²) in [7, 11) is 0. The molecule has 0 aliphatic carbocycles. The van der Waals surface area contributed by atoms with Gasteiger partial charge in [0.15, 0.2) is 10.2 Å². The van der Waals surface area contributed by atoms with E-state index < -0.39 is 0 Å². The fourth-order valence-electron chi connectivity index (χ4n) is 2.73. The number of amides is 1. The molecule has 0 aliphatic rings. The lowest BCUT2D eigenvalue weighted by Crippen LogP contribution is -2.34. The fraction of sp³-hybridized carbons (Fsp3) is 0.304. The molecule has 1 amide bonds. The molecule has 32 heavy (non-hydrogen) atoms. The molecule has 0 radical (unpaired) electrons. The Kier molecular flexibility index (Phi) is 8.13. The number of anilines is 1. The van der Waals surface area contributed by atoms with E-state index in [-0.39, 0.29) is 23.1 Å². The third-order valence-corrected chi connectivity index (χ3v) is 5.44. The minimum Gasteiger partial charge on any atom is -0.494 e. The topological polar surface area (TPSA) is 89.5 Å². The van der Waals surface area contributed by atoms with Crippen molar-refractivity contribution in [3.63, 3.8) is 0 Å². The molecular formula is C23H25N3O4S2. The Morgan fingerprint density at radius 1 is 1.12 bits per heavy atom. The first-order chi connectivity index (χ1) is 15.4. The average Bonchev–Trinajstić information content (AvgIpc) is 3.15. The van der Waals surface area contributed by atoms with Crippen molar-refractivity contribution >= 4 is 55.9 Å². The van der Waals surface area contributed by atoms with Gasteiger partial charge in [0.1, 0.15) is 5.75 Å². The van der Waals surface area contributed by atoms with Crippen molar-refractivity contribution in [2.45, 2.75) is 39.7 Å². The highest BCUT2D eigenvalue weighted by atomic mass is 32.1. The van der Waals surface area contributed by atoms with Gasteiger partial charge in [-0.3, -0.25) is 10.1 Å². The first kappa shape index (κ1) is 23.6. The summed E-state index contributed by atoms with van der Waals surface area (Å²) in [4.78, 5) is 29.0. The summed E-state index contributed by atoms with van der Waals surface area (Å²) >= 11 is 6.58. The van der Waals surface area contributed by atoms with E-state index in [4.69, 9.17) is 21.7 Å². The molecule has 2 N–H and O–H groups in total. The molecule has 168 valence electrons. The molecule has 1 aromatic heterocycles. The van der Waals surface area contributed by atoms with Crippen molar-refractivity contribution in [2.24, 2.45) is 0 Å². The van der Waals surface area contributed by atoms with Gasteiger partial charge in [0.25, 0.3) is 5.91 Å². The van der Waals surface area contributed by atoms with Crippen LogP contribution in [0.4, 0.5) is 5.13 Å². The number of carbonyl (C=O) groups is 2. The van der Waals surface area contributed by atoms with E-state index in [0.717, 1.165) is 23.3 Å². The Morgan fingerprint density at radius 3 is 2.53 bits per heavy atom.